The molecular formula is C28H34N2O3. The van der Waals surface area contributed by atoms with Crippen molar-refractivity contribution >= 4 is 5.91 Å². The zero-order valence-corrected chi connectivity index (χ0v) is 20.5. The van der Waals surface area contributed by atoms with Gasteiger partial charge in [0.05, 0.1) is 22.9 Å². The van der Waals surface area contributed by atoms with E-state index in [0.29, 0.717) is 11.3 Å². The summed E-state index contributed by atoms with van der Waals surface area (Å²) in [6.45, 7) is 12.5. The van der Waals surface area contributed by atoms with Gasteiger partial charge >= 0.3 is 0 Å². The fourth-order valence-corrected chi connectivity index (χ4v) is 4.01. The predicted molar refractivity (Wildman–Crippen MR) is 133 cm³/mol. The number of aryl methyl sites for hydroxylation is 4. The minimum Gasteiger partial charge on any atom is -0.490 e. The van der Waals surface area contributed by atoms with Gasteiger partial charge < -0.3 is 15.2 Å². The molecule has 2 aromatic carbocycles. The van der Waals surface area contributed by atoms with Crippen molar-refractivity contribution in [2.45, 2.75) is 67.1 Å². The number of aromatic nitrogens is 1. The molecule has 0 saturated carbocycles. The maximum absolute atomic E-state index is 11.9. The first-order valence-electron chi connectivity index (χ1n) is 11.6. The molecule has 0 aliphatic carbocycles. The van der Waals surface area contributed by atoms with Crippen LogP contribution in [0.4, 0.5) is 0 Å². The Balaban J connectivity index is 2.07. The second-order valence-electron chi connectivity index (χ2n) is 8.55. The molecule has 1 heterocycles. The predicted octanol–water partition coefficient (Wildman–Crippen LogP) is 5.96. The van der Waals surface area contributed by atoms with E-state index in [1.165, 1.54) is 16.7 Å². The number of pyridine rings is 1. The highest BCUT2D eigenvalue weighted by atomic mass is 16.5. The summed E-state index contributed by atoms with van der Waals surface area (Å²) >= 11 is 0. The molecule has 0 fully saturated rings. The van der Waals surface area contributed by atoms with Crippen molar-refractivity contribution in [2.24, 2.45) is 5.73 Å². The van der Waals surface area contributed by atoms with E-state index in [1.807, 2.05) is 45.9 Å². The van der Waals surface area contributed by atoms with Gasteiger partial charge in [-0.15, -0.1) is 0 Å². The van der Waals surface area contributed by atoms with Crippen LogP contribution < -0.4 is 15.2 Å². The van der Waals surface area contributed by atoms with Crippen molar-refractivity contribution in [3.8, 4) is 22.8 Å². The quantitative estimate of drug-likeness (QED) is 0.440. The minimum atomic E-state index is -0.517. The average molecular weight is 447 g/mol. The van der Waals surface area contributed by atoms with E-state index in [1.54, 1.807) is 6.07 Å². The van der Waals surface area contributed by atoms with E-state index >= 15 is 0 Å². The Bertz CT molecular complexity index is 1130. The van der Waals surface area contributed by atoms with Gasteiger partial charge in [0, 0.05) is 17.3 Å². The van der Waals surface area contributed by atoms with Gasteiger partial charge in [0.1, 0.15) is 18.1 Å². The molecule has 1 amide bonds. The molecular weight excluding hydrogens is 412 g/mol. The van der Waals surface area contributed by atoms with Gasteiger partial charge in [-0.3, -0.25) is 9.78 Å². The largest absolute Gasteiger partial charge is 0.490 e. The summed E-state index contributed by atoms with van der Waals surface area (Å²) in [5, 5.41) is 0. The van der Waals surface area contributed by atoms with Gasteiger partial charge in [0.25, 0.3) is 5.91 Å². The molecule has 0 radical (unpaired) electrons. The lowest BCUT2D eigenvalue weighted by atomic mass is 9.94. The number of hydrogen-bond donors (Lipinski definition) is 1. The number of benzene rings is 2. The Kier molecular flexibility index (Phi) is 7.75. The van der Waals surface area contributed by atoms with Gasteiger partial charge in [-0.25, -0.2) is 0 Å². The van der Waals surface area contributed by atoms with Crippen LogP contribution in [0.5, 0.6) is 11.5 Å². The number of hydrogen-bond acceptors (Lipinski definition) is 4. The maximum atomic E-state index is 11.9. The lowest BCUT2D eigenvalue weighted by Gasteiger charge is -2.20. The van der Waals surface area contributed by atoms with Crippen LogP contribution >= 0.6 is 0 Å². The SMILES string of the molecule is CCc1cccc(CC)c1-c1cc(OC(C)C)c(COc2cc(C)ccc2C(N)=O)c(C)n1. The highest BCUT2D eigenvalue weighted by Crippen LogP contribution is 2.34. The number of primary amides is 1. The second-order valence-corrected chi connectivity index (χ2v) is 8.55. The van der Waals surface area contributed by atoms with Gasteiger partial charge in [-0.1, -0.05) is 38.1 Å². The number of carbonyl (C=O) groups excluding carboxylic acids is 1. The average Bonchev–Trinajstić information content (AvgIpc) is 2.77. The van der Waals surface area contributed by atoms with Crippen LogP contribution in [0.2, 0.25) is 0 Å². The summed E-state index contributed by atoms with van der Waals surface area (Å²) in [6, 6.07) is 13.8. The molecule has 0 atom stereocenters. The van der Waals surface area contributed by atoms with E-state index in [9.17, 15) is 4.79 Å². The Hall–Kier alpha value is -3.34. The zero-order valence-electron chi connectivity index (χ0n) is 20.5. The number of rotatable bonds is 9. The van der Waals surface area contributed by atoms with Crippen LogP contribution in [0.15, 0.2) is 42.5 Å². The zero-order chi connectivity index (χ0) is 24.1. The molecule has 174 valence electrons. The monoisotopic (exact) mass is 446 g/mol. The van der Waals surface area contributed by atoms with E-state index in [2.05, 4.69) is 32.0 Å². The summed E-state index contributed by atoms with van der Waals surface area (Å²) < 4.78 is 12.3. The first-order chi connectivity index (χ1) is 15.7. The summed E-state index contributed by atoms with van der Waals surface area (Å²) in [7, 11) is 0. The summed E-state index contributed by atoms with van der Waals surface area (Å²) in [6.07, 6.45) is 1.85. The molecule has 0 aliphatic heterocycles. The minimum absolute atomic E-state index is 0.00869. The van der Waals surface area contributed by atoms with E-state index in [0.717, 1.165) is 41.1 Å². The number of amides is 1. The van der Waals surface area contributed by atoms with Crippen LogP contribution in [0, 0.1) is 13.8 Å². The third kappa shape index (κ3) is 5.54. The lowest BCUT2D eigenvalue weighted by molar-refractivity contribution is 0.0996. The van der Waals surface area contributed by atoms with Crippen LogP contribution in [-0.2, 0) is 19.4 Å². The molecule has 3 rings (SSSR count). The second kappa shape index (κ2) is 10.5. The topological polar surface area (TPSA) is 74.4 Å². The molecule has 0 aliphatic rings. The van der Waals surface area contributed by atoms with Crippen molar-refractivity contribution in [1.82, 2.24) is 4.98 Å². The van der Waals surface area contributed by atoms with Gasteiger partial charge in [0.2, 0.25) is 0 Å². The van der Waals surface area contributed by atoms with Crippen molar-refractivity contribution < 1.29 is 14.3 Å². The third-order valence-corrected chi connectivity index (χ3v) is 5.68. The van der Waals surface area contributed by atoms with E-state index in [4.69, 9.17) is 20.2 Å². The Labute approximate surface area is 197 Å². The number of carbonyl (C=O) groups is 1. The number of ether oxygens (including phenoxy) is 2. The summed E-state index contributed by atoms with van der Waals surface area (Å²) in [4.78, 5) is 16.8. The highest BCUT2D eigenvalue weighted by molar-refractivity contribution is 5.95. The number of nitrogens with zero attached hydrogens (tertiary/aromatic N) is 1. The van der Waals surface area contributed by atoms with Crippen molar-refractivity contribution in [3.63, 3.8) is 0 Å². The normalized spacial score (nSPS) is 11.0. The summed E-state index contributed by atoms with van der Waals surface area (Å²) in [5.41, 5.74) is 13.2. The van der Waals surface area contributed by atoms with Crippen LogP contribution in [0.25, 0.3) is 11.3 Å². The number of nitrogens with two attached hydrogens (primary N) is 1. The Morgan fingerprint density at radius 3 is 2.24 bits per heavy atom. The van der Waals surface area contributed by atoms with Crippen molar-refractivity contribution in [2.75, 3.05) is 0 Å². The molecule has 0 saturated heterocycles. The highest BCUT2D eigenvalue weighted by Gasteiger charge is 2.19. The molecule has 0 bridgehead atoms. The Morgan fingerprint density at radius 1 is 1.00 bits per heavy atom. The fraction of sp³-hybridized carbons (Fsp3) is 0.357. The maximum Gasteiger partial charge on any atom is 0.252 e. The Morgan fingerprint density at radius 2 is 1.67 bits per heavy atom. The summed E-state index contributed by atoms with van der Waals surface area (Å²) in [5.74, 6) is 0.692. The van der Waals surface area contributed by atoms with Crippen LogP contribution in [0.3, 0.4) is 0 Å². The molecule has 5 nitrogen and oxygen atoms in total. The first-order valence-corrected chi connectivity index (χ1v) is 11.6. The molecule has 0 unspecified atom stereocenters. The molecule has 33 heavy (non-hydrogen) atoms. The third-order valence-electron chi connectivity index (χ3n) is 5.68. The van der Waals surface area contributed by atoms with Crippen molar-refractivity contribution in [3.05, 3.63) is 76.0 Å². The lowest BCUT2D eigenvalue weighted by Crippen LogP contribution is -2.14. The van der Waals surface area contributed by atoms with Gasteiger partial charge in [-0.05, 0) is 69.4 Å². The molecule has 3 aromatic rings. The smallest absolute Gasteiger partial charge is 0.252 e. The van der Waals surface area contributed by atoms with E-state index in [-0.39, 0.29) is 12.7 Å². The van der Waals surface area contributed by atoms with Crippen LogP contribution in [0.1, 0.15) is 66.0 Å². The van der Waals surface area contributed by atoms with Crippen molar-refractivity contribution in [1.29, 1.82) is 0 Å². The fourth-order valence-electron chi connectivity index (χ4n) is 4.01. The molecule has 2 N–H and O–H groups in total. The first kappa shape index (κ1) is 24.3. The molecule has 1 aromatic heterocycles. The van der Waals surface area contributed by atoms with Gasteiger partial charge in [0.15, 0.2) is 0 Å². The molecule has 0 spiro atoms. The van der Waals surface area contributed by atoms with Crippen LogP contribution in [-0.4, -0.2) is 17.0 Å². The molecule has 5 heteroatoms. The van der Waals surface area contributed by atoms with Gasteiger partial charge in [-0.2, -0.15) is 0 Å². The van der Waals surface area contributed by atoms with E-state index < -0.39 is 5.91 Å². The standard InChI is InChI=1S/C28H34N2O3/c1-7-20-10-9-11-21(8-2)27(20)24-15-26(33-17(3)4)23(19(6)30-24)16-32-25-14-18(5)12-13-22(25)28(29)31/h9-15,17H,7-8,16H2,1-6H3,(H2,29,31).